The zero-order chi connectivity index (χ0) is 11.4. The van der Waals surface area contributed by atoms with Crippen LogP contribution >= 0.6 is 0 Å². The molecule has 0 aromatic rings. The van der Waals surface area contributed by atoms with Crippen LogP contribution in [0.2, 0.25) is 0 Å². The summed E-state index contributed by atoms with van der Waals surface area (Å²) < 4.78 is 0. The fourth-order valence-electron chi connectivity index (χ4n) is 1.81. The summed E-state index contributed by atoms with van der Waals surface area (Å²) in [6.45, 7) is 8.30. The lowest BCUT2D eigenvalue weighted by atomic mass is 9.83. The van der Waals surface area contributed by atoms with E-state index in [4.69, 9.17) is 0 Å². The second kappa shape index (κ2) is 5.50. The minimum atomic E-state index is -0.283. The Bertz CT molecular complexity index is 189. The van der Waals surface area contributed by atoms with Gasteiger partial charge in [-0.2, -0.15) is 0 Å². The van der Waals surface area contributed by atoms with Crippen molar-refractivity contribution >= 4 is 5.78 Å². The maximum atomic E-state index is 12.2. The first-order valence-electron chi connectivity index (χ1n) is 5.61. The molecule has 0 rings (SSSR count). The summed E-state index contributed by atoms with van der Waals surface area (Å²) in [5.41, 5.74) is -0.283. The lowest BCUT2D eigenvalue weighted by Gasteiger charge is -2.36. The summed E-state index contributed by atoms with van der Waals surface area (Å²) >= 11 is 0. The zero-order valence-electron chi connectivity index (χ0n) is 10.6. The van der Waals surface area contributed by atoms with Gasteiger partial charge in [-0.3, -0.25) is 9.69 Å². The second-order valence-corrected chi connectivity index (χ2v) is 4.58. The van der Waals surface area contributed by atoms with E-state index in [0.717, 1.165) is 19.3 Å². The van der Waals surface area contributed by atoms with Crippen molar-refractivity contribution in [2.45, 2.75) is 52.5 Å². The maximum Gasteiger partial charge on any atom is 0.155 e. The van der Waals surface area contributed by atoms with Gasteiger partial charge < -0.3 is 0 Å². The molecule has 2 heteroatoms. The number of likely N-dealkylation sites (N-methyl/N-ethyl adjacent to an activating group) is 1. The SMILES string of the molecule is CCCC(C)C(=O)C(C)(CC)N(C)C. The van der Waals surface area contributed by atoms with E-state index in [1.165, 1.54) is 0 Å². The molecule has 0 radical (unpaired) electrons. The number of hydrogen-bond donors (Lipinski definition) is 0. The minimum Gasteiger partial charge on any atom is -0.297 e. The molecule has 84 valence electrons. The minimum absolute atomic E-state index is 0.187. The first-order chi connectivity index (χ1) is 6.40. The van der Waals surface area contributed by atoms with Crippen LogP contribution in [0.5, 0.6) is 0 Å². The van der Waals surface area contributed by atoms with Crippen LogP contribution in [0.1, 0.15) is 47.0 Å². The van der Waals surface area contributed by atoms with E-state index in [1.807, 2.05) is 32.8 Å². The van der Waals surface area contributed by atoms with E-state index in [0.29, 0.717) is 5.78 Å². The highest BCUT2D eigenvalue weighted by molar-refractivity contribution is 5.89. The molecule has 0 amide bonds. The van der Waals surface area contributed by atoms with Crippen LogP contribution in [0.25, 0.3) is 0 Å². The Morgan fingerprint density at radius 2 is 1.86 bits per heavy atom. The van der Waals surface area contributed by atoms with Crippen LogP contribution in [0.3, 0.4) is 0 Å². The number of hydrogen-bond acceptors (Lipinski definition) is 2. The van der Waals surface area contributed by atoms with Gasteiger partial charge in [0.15, 0.2) is 5.78 Å². The second-order valence-electron chi connectivity index (χ2n) is 4.58. The lowest BCUT2D eigenvalue weighted by molar-refractivity contribution is -0.133. The molecule has 0 aromatic heterocycles. The van der Waals surface area contributed by atoms with Gasteiger partial charge in [0.25, 0.3) is 0 Å². The zero-order valence-corrected chi connectivity index (χ0v) is 10.6. The van der Waals surface area contributed by atoms with E-state index >= 15 is 0 Å². The number of rotatable bonds is 6. The third-order valence-electron chi connectivity index (χ3n) is 3.38. The van der Waals surface area contributed by atoms with Gasteiger partial charge in [-0.25, -0.2) is 0 Å². The van der Waals surface area contributed by atoms with Gasteiger partial charge in [-0.1, -0.05) is 27.2 Å². The number of ketones is 1. The van der Waals surface area contributed by atoms with Crippen molar-refractivity contribution in [2.75, 3.05) is 14.1 Å². The van der Waals surface area contributed by atoms with E-state index in [9.17, 15) is 4.79 Å². The van der Waals surface area contributed by atoms with Crippen LogP contribution in [-0.4, -0.2) is 30.3 Å². The monoisotopic (exact) mass is 199 g/mol. The fraction of sp³-hybridized carbons (Fsp3) is 0.917. The summed E-state index contributed by atoms with van der Waals surface area (Å²) in [5.74, 6) is 0.569. The Morgan fingerprint density at radius 3 is 2.14 bits per heavy atom. The highest BCUT2D eigenvalue weighted by Gasteiger charge is 2.35. The van der Waals surface area contributed by atoms with Crippen LogP contribution in [0.15, 0.2) is 0 Å². The van der Waals surface area contributed by atoms with E-state index < -0.39 is 0 Å². The molecule has 0 N–H and O–H groups in total. The van der Waals surface area contributed by atoms with Crippen molar-refractivity contribution < 1.29 is 4.79 Å². The smallest absolute Gasteiger partial charge is 0.155 e. The molecule has 0 saturated carbocycles. The predicted molar refractivity (Wildman–Crippen MR) is 61.5 cm³/mol. The summed E-state index contributed by atoms with van der Waals surface area (Å²) in [4.78, 5) is 14.2. The molecule has 0 heterocycles. The molecule has 2 nitrogen and oxygen atoms in total. The van der Waals surface area contributed by atoms with Crippen LogP contribution in [0.4, 0.5) is 0 Å². The number of nitrogens with zero attached hydrogens (tertiary/aromatic N) is 1. The number of carbonyl (C=O) groups excluding carboxylic acids is 1. The molecular formula is C12H25NO. The van der Waals surface area contributed by atoms with Crippen LogP contribution < -0.4 is 0 Å². The Hall–Kier alpha value is -0.370. The molecular weight excluding hydrogens is 174 g/mol. The first kappa shape index (κ1) is 13.6. The number of Topliss-reactive ketones (excluding diaryl/α,β-unsaturated/α-hetero) is 1. The van der Waals surface area contributed by atoms with Crippen molar-refractivity contribution in [3.05, 3.63) is 0 Å². The van der Waals surface area contributed by atoms with Gasteiger partial charge >= 0.3 is 0 Å². The van der Waals surface area contributed by atoms with Gasteiger partial charge in [0.1, 0.15) is 0 Å². The van der Waals surface area contributed by atoms with Crippen molar-refractivity contribution in [1.29, 1.82) is 0 Å². The lowest BCUT2D eigenvalue weighted by Crippen LogP contribution is -2.50. The van der Waals surface area contributed by atoms with Crippen LogP contribution in [0, 0.1) is 5.92 Å². The Morgan fingerprint density at radius 1 is 1.36 bits per heavy atom. The standard InChI is InChI=1S/C12H25NO/c1-7-9-10(3)11(14)12(4,8-2)13(5)6/h10H,7-9H2,1-6H3. The average molecular weight is 199 g/mol. The van der Waals surface area contributed by atoms with Crippen molar-refractivity contribution in [2.24, 2.45) is 5.92 Å². The molecule has 0 aliphatic heterocycles. The molecule has 2 atom stereocenters. The maximum absolute atomic E-state index is 12.2. The van der Waals surface area contributed by atoms with Gasteiger partial charge in [0, 0.05) is 5.92 Å². The molecule has 0 spiro atoms. The molecule has 14 heavy (non-hydrogen) atoms. The van der Waals surface area contributed by atoms with E-state index in [1.54, 1.807) is 0 Å². The van der Waals surface area contributed by atoms with Gasteiger partial charge in [-0.15, -0.1) is 0 Å². The highest BCUT2D eigenvalue weighted by Crippen LogP contribution is 2.23. The Kier molecular flexibility index (Phi) is 5.35. The normalized spacial score (nSPS) is 17.9. The first-order valence-corrected chi connectivity index (χ1v) is 5.61. The summed E-state index contributed by atoms with van der Waals surface area (Å²) in [6.07, 6.45) is 2.97. The van der Waals surface area contributed by atoms with Crippen LogP contribution in [-0.2, 0) is 4.79 Å². The van der Waals surface area contributed by atoms with Gasteiger partial charge in [-0.05, 0) is 33.9 Å². The molecule has 0 aliphatic carbocycles. The molecule has 0 saturated heterocycles. The topological polar surface area (TPSA) is 20.3 Å². The summed E-state index contributed by atoms with van der Waals surface area (Å²) in [6, 6.07) is 0. The van der Waals surface area contributed by atoms with Gasteiger partial charge in [0.2, 0.25) is 0 Å². The van der Waals surface area contributed by atoms with Crippen molar-refractivity contribution in [3.8, 4) is 0 Å². The molecule has 2 unspecified atom stereocenters. The largest absolute Gasteiger partial charge is 0.297 e. The van der Waals surface area contributed by atoms with Gasteiger partial charge in [0.05, 0.1) is 5.54 Å². The quantitative estimate of drug-likeness (QED) is 0.655. The average Bonchev–Trinajstić information content (AvgIpc) is 2.15. The van der Waals surface area contributed by atoms with Crippen molar-refractivity contribution in [1.82, 2.24) is 4.90 Å². The Labute approximate surface area is 88.7 Å². The molecule has 0 aromatic carbocycles. The van der Waals surface area contributed by atoms with Crippen molar-refractivity contribution in [3.63, 3.8) is 0 Å². The molecule has 0 bridgehead atoms. The Balaban J connectivity index is 4.61. The third-order valence-corrected chi connectivity index (χ3v) is 3.38. The predicted octanol–water partition coefficient (Wildman–Crippen LogP) is 2.72. The highest BCUT2D eigenvalue weighted by atomic mass is 16.1. The molecule has 0 fully saturated rings. The molecule has 0 aliphatic rings. The summed E-state index contributed by atoms with van der Waals surface area (Å²) in [7, 11) is 3.97. The van der Waals surface area contributed by atoms with E-state index in [-0.39, 0.29) is 11.5 Å². The third kappa shape index (κ3) is 2.81. The summed E-state index contributed by atoms with van der Waals surface area (Å²) in [5, 5.41) is 0. The van der Waals surface area contributed by atoms with E-state index in [2.05, 4.69) is 13.8 Å². The number of carbonyl (C=O) groups is 1. The fourth-order valence-corrected chi connectivity index (χ4v) is 1.81.